The molecule has 0 aliphatic heterocycles. The van der Waals surface area contributed by atoms with Crippen molar-refractivity contribution < 1.29 is 8.42 Å². The molecule has 1 aromatic heterocycles. The van der Waals surface area contributed by atoms with Crippen LogP contribution in [0.5, 0.6) is 0 Å². The molecular formula is C15H19N3O2S. The SMILES string of the molecule is Cc1ccc(S(=O)(=O)CC(C)Nc2cc(C)ncn2)cc1. The molecule has 0 aliphatic rings. The van der Waals surface area contributed by atoms with E-state index >= 15 is 0 Å². The molecule has 0 fully saturated rings. The number of benzene rings is 1. The number of rotatable bonds is 5. The Hall–Kier alpha value is -1.95. The van der Waals surface area contributed by atoms with E-state index in [1.807, 2.05) is 20.8 Å². The van der Waals surface area contributed by atoms with Crippen molar-refractivity contribution in [2.24, 2.45) is 0 Å². The van der Waals surface area contributed by atoms with Gasteiger partial charge in [0.2, 0.25) is 0 Å². The number of hydrogen-bond donors (Lipinski definition) is 1. The minimum atomic E-state index is -3.31. The van der Waals surface area contributed by atoms with Gasteiger partial charge < -0.3 is 5.32 Å². The Morgan fingerprint density at radius 1 is 1.14 bits per heavy atom. The standard InChI is InChI=1S/C15H19N3O2S/c1-11-4-6-14(7-5-11)21(19,20)9-13(3)18-15-8-12(2)16-10-17-15/h4-8,10,13H,9H2,1-3H3,(H,16,17,18). The number of aromatic nitrogens is 2. The number of aryl methyl sites for hydroxylation is 2. The summed E-state index contributed by atoms with van der Waals surface area (Å²) in [4.78, 5) is 8.43. The lowest BCUT2D eigenvalue weighted by Crippen LogP contribution is -2.26. The summed E-state index contributed by atoms with van der Waals surface area (Å²) < 4.78 is 24.7. The molecule has 112 valence electrons. The third kappa shape index (κ3) is 4.26. The first kappa shape index (κ1) is 15.4. The Morgan fingerprint density at radius 3 is 2.43 bits per heavy atom. The van der Waals surface area contributed by atoms with Gasteiger partial charge >= 0.3 is 0 Å². The molecule has 0 saturated carbocycles. The van der Waals surface area contributed by atoms with E-state index in [1.165, 1.54) is 6.33 Å². The Morgan fingerprint density at radius 2 is 1.81 bits per heavy atom. The highest BCUT2D eigenvalue weighted by Crippen LogP contribution is 2.14. The molecule has 0 aliphatic carbocycles. The third-order valence-electron chi connectivity index (χ3n) is 3.05. The van der Waals surface area contributed by atoms with Crippen molar-refractivity contribution in [1.29, 1.82) is 0 Å². The van der Waals surface area contributed by atoms with Crippen LogP contribution in [0.15, 0.2) is 41.6 Å². The van der Waals surface area contributed by atoms with E-state index in [1.54, 1.807) is 30.3 Å². The fourth-order valence-corrected chi connectivity index (χ4v) is 3.48. The molecule has 5 nitrogen and oxygen atoms in total. The van der Waals surface area contributed by atoms with Gasteiger partial charge in [-0.3, -0.25) is 0 Å². The van der Waals surface area contributed by atoms with E-state index in [0.717, 1.165) is 11.3 Å². The van der Waals surface area contributed by atoms with Gasteiger partial charge in [-0.1, -0.05) is 17.7 Å². The largest absolute Gasteiger partial charge is 0.366 e. The van der Waals surface area contributed by atoms with Gasteiger partial charge in [-0.15, -0.1) is 0 Å². The molecule has 1 atom stereocenters. The van der Waals surface area contributed by atoms with Crippen LogP contribution in [-0.2, 0) is 9.84 Å². The van der Waals surface area contributed by atoms with Crippen LogP contribution >= 0.6 is 0 Å². The van der Waals surface area contributed by atoms with Crippen LogP contribution in [0.1, 0.15) is 18.2 Å². The lowest BCUT2D eigenvalue weighted by Gasteiger charge is -2.15. The summed E-state index contributed by atoms with van der Waals surface area (Å²) in [7, 11) is -3.31. The predicted octanol–water partition coefficient (Wildman–Crippen LogP) is 2.37. The highest BCUT2D eigenvalue weighted by Gasteiger charge is 2.18. The van der Waals surface area contributed by atoms with Crippen LogP contribution in [-0.4, -0.2) is 30.2 Å². The number of nitrogens with one attached hydrogen (secondary N) is 1. The smallest absolute Gasteiger partial charge is 0.180 e. The summed E-state index contributed by atoms with van der Waals surface area (Å²) in [6, 6.07) is 8.44. The number of anilines is 1. The zero-order valence-electron chi connectivity index (χ0n) is 12.4. The first-order chi connectivity index (χ1) is 9.87. The van der Waals surface area contributed by atoms with Crippen LogP contribution < -0.4 is 5.32 Å². The summed E-state index contributed by atoms with van der Waals surface area (Å²) in [6.07, 6.45) is 1.46. The van der Waals surface area contributed by atoms with Crippen molar-refractivity contribution in [2.75, 3.05) is 11.1 Å². The zero-order valence-corrected chi connectivity index (χ0v) is 13.2. The summed E-state index contributed by atoms with van der Waals surface area (Å²) >= 11 is 0. The molecule has 1 N–H and O–H groups in total. The van der Waals surface area contributed by atoms with Gasteiger partial charge in [0.15, 0.2) is 9.84 Å². The van der Waals surface area contributed by atoms with Crippen molar-refractivity contribution in [3.8, 4) is 0 Å². The molecule has 1 unspecified atom stereocenters. The van der Waals surface area contributed by atoms with Crippen LogP contribution in [0.25, 0.3) is 0 Å². The molecule has 0 bridgehead atoms. The molecule has 21 heavy (non-hydrogen) atoms. The van der Waals surface area contributed by atoms with Gasteiger partial charge in [-0.25, -0.2) is 18.4 Å². The average molecular weight is 305 g/mol. The lowest BCUT2D eigenvalue weighted by atomic mass is 10.2. The van der Waals surface area contributed by atoms with Crippen LogP contribution in [0.3, 0.4) is 0 Å². The maximum Gasteiger partial charge on any atom is 0.180 e. The second kappa shape index (κ2) is 6.22. The molecule has 0 spiro atoms. The van der Waals surface area contributed by atoms with E-state index in [9.17, 15) is 8.42 Å². The molecule has 0 saturated heterocycles. The van der Waals surface area contributed by atoms with E-state index in [0.29, 0.717) is 10.7 Å². The summed E-state index contributed by atoms with van der Waals surface area (Å²) in [5.41, 5.74) is 1.87. The number of sulfone groups is 1. The van der Waals surface area contributed by atoms with Crippen molar-refractivity contribution in [3.05, 3.63) is 47.9 Å². The van der Waals surface area contributed by atoms with Crippen molar-refractivity contribution >= 4 is 15.7 Å². The summed E-state index contributed by atoms with van der Waals surface area (Å²) in [6.45, 7) is 5.61. The molecule has 1 heterocycles. The van der Waals surface area contributed by atoms with Gasteiger partial charge in [0.05, 0.1) is 10.6 Å². The maximum atomic E-state index is 12.3. The van der Waals surface area contributed by atoms with E-state index in [4.69, 9.17) is 0 Å². The predicted molar refractivity (Wildman–Crippen MR) is 83.1 cm³/mol. The molecule has 0 radical (unpaired) electrons. The first-order valence-electron chi connectivity index (χ1n) is 6.71. The third-order valence-corrected chi connectivity index (χ3v) is 4.98. The monoisotopic (exact) mass is 305 g/mol. The van der Waals surface area contributed by atoms with E-state index in [-0.39, 0.29) is 11.8 Å². The van der Waals surface area contributed by atoms with Crippen LogP contribution in [0.4, 0.5) is 5.82 Å². The highest BCUT2D eigenvalue weighted by molar-refractivity contribution is 7.91. The van der Waals surface area contributed by atoms with Gasteiger partial charge in [0.1, 0.15) is 12.1 Å². The van der Waals surface area contributed by atoms with Crippen molar-refractivity contribution in [2.45, 2.75) is 31.7 Å². The Labute approximate surface area is 125 Å². The number of hydrogen-bond acceptors (Lipinski definition) is 5. The van der Waals surface area contributed by atoms with Gasteiger partial charge in [0.25, 0.3) is 0 Å². The van der Waals surface area contributed by atoms with Crippen LogP contribution in [0, 0.1) is 13.8 Å². The second-order valence-electron chi connectivity index (χ2n) is 5.18. The average Bonchev–Trinajstić information content (AvgIpc) is 2.38. The lowest BCUT2D eigenvalue weighted by molar-refractivity contribution is 0.592. The van der Waals surface area contributed by atoms with Crippen molar-refractivity contribution in [3.63, 3.8) is 0 Å². The van der Waals surface area contributed by atoms with Gasteiger partial charge in [-0.2, -0.15) is 0 Å². The topological polar surface area (TPSA) is 72.0 Å². The first-order valence-corrected chi connectivity index (χ1v) is 8.37. The Kier molecular flexibility index (Phi) is 4.57. The highest BCUT2D eigenvalue weighted by atomic mass is 32.2. The van der Waals surface area contributed by atoms with E-state index in [2.05, 4.69) is 15.3 Å². The fourth-order valence-electron chi connectivity index (χ4n) is 2.00. The molecule has 6 heteroatoms. The summed E-state index contributed by atoms with van der Waals surface area (Å²) in [5, 5.41) is 3.09. The Bertz CT molecular complexity index is 712. The molecule has 2 aromatic rings. The zero-order chi connectivity index (χ0) is 15.5. The van der Waals surface area contributed by atoms with E-state index < -0.39 is 9.84 Å². The minimum Gasteiger partial charge on any atom is -0.366 e. The minimum absolute atomic E-state index is 0.0130. The second-order valence-corrected chi connectivity index (χ2v) is 7.22. The maximum absolute atomic E-state index is 12.3. The van der Waals surface area contributed by atoms with Gasteiger partial charge in [0, 0.05) is 17.8 Å². The van der Waals surface area contributed by atoms with Crippen LogP contribution in [0.2, 0.25) is 0 Å². The van der Waals surface area contributed by atoms with Crippen molar-refractivity contribution in [1.82, 2.24) is 9.97 Å². The molecule has 0 amide bonds. The molecular weight excluding hydrogens is 286 g/mol. The molecule has 1 aromatic carbocycles. The Balaban J connectivity index is 2.07. The van der Waals surface area contributed by atoms with Gasteiger partial charge in [-0.05, 0) is 32.9 Å². The normalized spacial score (nSPS) is 12.9. The molecule has 2 rings (SSSR count). The fraction of sp³-hybridized carbons (Fsp3) is 0.333. The quantitative estimate of drug-likeness (QED) is 0.918. The summed E-state index contributed by atoms with van der Waals surface area (Å²) in [5.74, 6) is 0.646. The number of nitrogens with zero attached hydrogens (tertiary/aromatic N) is 2.